The van der Waals surface area contributed by atoms with Crippen LogP contribution in [0.4, 0.5) is 17.6 Å². The van der Waals surface area contributed by atoms with Crippen molar-refractivity contribution in [1.29, 1.82) is 0 Å². The Morgan fingerprint density at radius 3 is 2.59 bits per heavy atom. The first-order valence-corrected chi connectivity index (χ1v) is 9.29. The molecule has 2 fully saturated rings. The molecule has 0 unspecified atom stereocenters. The van der Waals surface area contributed by atoms with Crippen molar-refractivity contribution in [2.75, 3.05) is 19.7 Å². The lowest BCUT2D eigenvalue weighted by atomic mass is 9.80. The number of hydrogen-bond acceptors (Lipinski definition) is 4. The molecule has 0 radical (unpaired) electrons. The van der Waals surface area contributed by atoms with E-state index < -0.39 is 17.9 Å². The van der Waals surface area contributed by atoms with Crippen molar-refractivity contribution in [2.24, 2.45) is 5.92 Å². The van der Waals surface area contributed by atoms with Gasteiger partial charge in [0.1, 0.15) is 11.8 Å². The molecule has 27 heavy (non-hydrogen) atoms. The molecule has 0 spiro atoms. The summed E-state index contributed by atoms with van der Waals surface area (Å²) < 4.78 is 61.0. The second-order valence-electron chi connectivity index (χ2n) is 7.41. The van der Waals surface area contributed by atoms with E-state index in [1.165, 1.54) is 4.52 Å². The number of aryl methyl sites for hydroxylation is 1. The summed E-state index contributed by atoms with van der Waals surface area (Å²) in [5.41, 5.74) is 1.70. The molecule has 9 heteroatoms. The molecule has 1 saturated carbocycles. The van der Waals surface area contributed by atoms with Crippen LogP contribution in [0.2, 0.25) is 0 Å². The SMILES string of the molecule is Cc1cc([C@H]2CNCCO2)n2nc(C3CCC(C(F)(F)F)CC3)c(F)c2n1. The first kappa shape index (κ1) is 18.6. The van der Waals surface area contributed by atoms with Crippen LogP contribution in [0.15, 0.2) is 6.07 Å². The van der Waals surface area contributed by atoms with E-state index in [2.05, 4.69) is 15.4 Å². The van der Waals surface area contributed by atoms with Gasteiger partial charge in [-0.05, 0) is 38.7 Å². The fourth-order valence-corrected chi connectivity index (χ4v) is 4.10. The van der Waals surface area contributed by atoms with Crippen LogP contribution in [-0.2, 0) is 4.74 Å². The highest BCUT2D eigenvalue weighted by molar-refractivity contribution is 5.45. The minimum atomic E-state index is -4.18. The lowest BCUT2D eigenvalue weighted by Gasteiger charge is -2.28. The molecule has 5 nitrogen and oxygen atoms in total. The van der Waals surface area contributed by atoms with E-state index in [4.69, 9.17) is 4.74 Å². The second kappa shape index (κ2) is 7.01. The Hall–Kier alpha value is -1.74. The highest BCUT2D eigenvalue weighted by Gasteiger charge is 2.42. The molecule has 1 aliphatic carbocycles. The lowest BCUT2D eigenvalue weighted by molar-refractivity contribution is -0.182. The fourth-order valence-electron chi connectivity index (χ4n) is 4.10. The highest BCUT2D eigenvalue weighted by atomic mass is 19.4. The molecule has 3 heterocycles. The number of fused-ring (bicyclic) bond motifs is 1. The zero-order valence-electron chi connectivity index (χ0n) is 15.0. The minimum absolute atomic E-state index is 0.0104. The third kappa shape index (κ3) is 3.54. The number of rotatable bonds is 2. The van der Waals surface area contributed by atoms with Gasteiger partial charge < -0.3 is 10.1 Å². The molecule has 2 aromatic heterocycles. The van der Waals surface area contributed by atoms with Crippen LogP contribution < -0.4 is 5.32 Å². The van der Waals surface area contributed by atoms with Gasteiger partial charge in [-0.2, -0.15) is 18.3 Å². The van der Waals surface area contributed by atoms with E-state index in [1.807, 2.05) is 6.07 Å². The first-order valence-electron chi connectivity index (χ1n) is 9.29. The van der Waals surface area contributed by atoms with Gasteiger partial charge >= 0.3 is 6.18 Å². The summed E-state index contributed by atoms with van der Waals surface area (Å²) in [6.45, 7) is 3.67. The second-order valence-corrected chi connectivity index (χ2v) is 7.41. The van der Waals surface area contributed by atoms with E-state index >= 15 is 4.39 Å². The molecule has 1 N–H and O–H groups in total. The van der Waals surface area contributed by atoms with Crippen molar-refractivity contribution in [3.63, 3.8) is 0 Å². The van der Waals surface area contributed by atoms with Crippen molar-refractivity contribution < 1.29 is 22.3 Å². The van der Waals surface area contributed by atoms with Crippen molar-refractivity contribution in [1.82, 2.24) is 19.9 Å². The van der Waals surface area contributed by atoms with Crippen molar-refractivity contribution in [3.8, 4) is 0 Å². The molecule has 1 saturated heterocycles. The van der Waals surface area contributed by atoms with Gasteiger partial charge in [-0.1, -0.05) is 0 Å². The number of morpholine rings is 1. The molecular weight excluding hydrogens is 364 g/mol. The summed E-state index contributed by atoms with van der Waals surface area (Å²) in [6, 6.07) is 1.82. The topological polar surface area (TPSA) is 51.5 Å². The number of nitrogens with one attached hydrogen (secondary N) is 1. The van der Waals surface area contributed by atoms with Crippen LogP contribution in [0.1, 0.15) is 54.8 Å². The zero-order chi connectivity index (χ0) is 19.2. The first-order chi connectivity index (χ1) is 12.8. The van der Waals surface area contributed by atoms with E-state index in [9.17, 15) is 13.2 Å². The Bertz CT molecular complexity index is 821. The highest BCUT2D eigenvalue weighted by Crippen LogP contribution is 2.43. The maximum atomic E-state index is 15.0. The lowest BCUT2D eigenvalue weighted by Crippen LogP contribution is -2.34. The molecule has 1 aliphatic heterocycles. The van der Waals surface area contributed by atoms with E-state index in [0.717, 1.165) is 6.54 Å². The van der Waals surface area contributed by atoms with Gasteiger partial charge in [-0.25, -0.2) is 13.9 Å². The van der Waals surface area contributed by atoms with Crippen molar-refractivity contribution >= 4 is 5.65 Å². The average Bonchev–Trinajstić information content (AvgIpc) is 2.98. The number of aromatic nitrogens is 3. The van der Waals surface area contributed by atoms with E-state index in [-0.39, 0.29) is 49.0 Å². The third-order valence-electron chi connectivity index (χ3n) is 5.55. The predicted octanol–water partition coefficient (Wildman–Crippen LogP) is 3.67. The fraction of sp³-hybridized carbons (Fsp3) is 0.667. The zero-order valence-corrected chi connectivity index (χ0v) is 15.0. The smallest absolute Gasteiger partial charge is 0.369 e. The Balaban J connectivity index is 1.66. The van der Waals surface area contributed by atoms with Crippen LogP contribution in [0.5, 0.6) is 0 Å². The standard InChI is InChI=1S/C18H22F4N4O/c1-10-8-13(14-9-23-6-7-27-14)26-17(24-10)15(19)16(25-26)11-2-4-12(5-3-11)18(20,21)22/h8,11-12,14,23H,2-7,9H2,1H3/t11?,12?,14-/m1/s1. The Morgan fingerprint density at radius 2 is 1.96 bits per heavy atom. The predicted molar refractivity (Wildman–Crippen MR) is 90.0 cm³/mol. The number of nitrogens with zero attached hydrogens (tertiary/aromatic N) is 3. The summed E-state index contributed by atoms with van der Waals surface area (Å²) in [4.78, 5) is 4.27. The number of hydrogen-bond donors (Lipinski definition) is 1. The summed E-state index contributed by atoms with van der Waals surface area (Å²) in [5, 5.41) is 7.66. The van der Waals surface area contributed by atoms with Crippen molar-refractivity contribution in [2.45, 2.75) is 50.8 Å². The van der Waals surface area contributed by atoms with Crippen LogP contribution in [0, 0.1) is 18.7 Å². The Morgan fingerprint density at radius 1 is 1.22 bits per heavy atom. The maximum absolute atomic E-state index is 15.0. The summed E-state index contributed by atoms with van der Waals surface area (Å²) in [6.07, 6.45) is -3.87. The molecule has 0 amide bonds. The Kier molecular flexibility index (Phi) is 4.84. The molecule has 4 rings (SSSR count). The largest absolute Gasteiger partial charge is 0.391 e. The van der Waals surface area contributed by atoms with Crippen molar-refractivity contribution in [3.05, 3.63) is 29.0 Å². The normalized spacial score (nSPS) is 27.2. The van der Waals surface area contributed by atoms with Gasteiger partial charge in [0.15, 0.2) is 11.5 Å². The number of halogens is 4. The summed E-state index contributed by atoms with van der Waals surface area (Å²) >= 11 is 0. The number of alkyl halides is 3. The molecule has 2 aromatic rings. The third-order valence-corrected chi connectivity index (χ3v) is 5.55. The maximum Gasteiger partial charge on any atom is 0.391 e. The van der Waals surface area contributed by atoms with Crippen LogP contribution in [0.25, 0.3) is 5.65 Å². The molecular formula is C18H22F4N4O. The summed E-state index contributed by atoms with van der Waals surface area (Å²) in [7, 11) is 0. The van der Waals surface area contributed by atoms with Gasteiger partial charge in [0, 0.05) is 24.7 Å². The molecule has 2 aliphatic rings. The number of ether oxygens (including phenoxy) is 1. The molecule has 148 valence electrons. The van der Waals surface area contributed by atoms with Crippen LogP contribution >= 0.6 is 0 Å². The monoisotopic (exact) mass is 386 g/mol. The van der Waals surface area contributed by atoms with Gasteiger partial charge in [-0.15, -0.1) is 0 Å². The van der Waals surface area contributed by atoms with Gasteiger partial charge in [0.2, 0.25) is 0 Å². The van der Waals surface area contributed by atoms with Gasteiger partial charge in [0.25, 0.3) is 0 Å². The average molecular weight is 386 g/mol. The summed E-state index contributed by atoms with van der Waals surface area (Å²) in [5.74, 6) is -2.14. The molecule has 0 aromatic carbocycles. The minimum Gasteiger partial charge on any atom is -0.369 e. The van der Waals surface area contributed by atoms with Gasteiger partial charge in [0.05, 0.1) is 18.2 Å². The van der Waals surface area contributed by atoms with E-state index in [0.29, 0.717) is 24.5 Å². The molecule has 0 bridgehead atoms. The molecule has 1 atom stereocenters. The van der Waals surface area contributed by atoms with Gasteiger partial charge in [-0.3, -0.25) is 0 Å². The Labute approximate surface area is 154 Å². The van der Waals surface area contributed by atoms with Crippen LogP contribution in [0.3, 0.4) is 0 Å². The van der Waals surface area contributed by atoms with E-state index in [1.54, 1.807) is 6.92 Å². The van der Waals surface area contributed by atoms with Crippen LogP contribution in [-0.4, -0.2) is 40.5 Å². The quantitative estimate of drug-likeness (QED) is 0.801.